The van der Waals surface area contributed by atoms with E-state index < -0.39 is 0 Å². The molecule has 6 aromatic rings. The van der Waals surface area contributed by atoms with Crippen molar-refractivity contribution in [3.63, 3.8) is 0 Å². The number of rotatable bonds is 4. The van der Waals surface area contributed by atoms with Crippen LogP contribution in [0.4, 0.5) is 0 Å². The zero-order valence-corrected chi connectivity index (χ0v) is 26.5. The van der Waals surface area contributed by atoms with E-state index in [-0.39, 0.29) is 5.92 Å². The molecule has 0 radical (unpaired) electrons. The van der Waals surface area contributed by atoms with Gasteiger partial charge in [-0.2, -0.15) is 10.5 Å². The first-order valence-corrected chi connectivity index (χ1v) is 16.8. The number of hydrogen-bond acceptors (Lipinski definition) is 2. The van der Waals surface area contributed by atoms with Gasteiger partial charge in [0, 0.05) is 61.8 Å². The zero-order valence-electron chi connectivity index (χ0n) is 26.5. The molecule has 3 aliphatic rings. The lowest BCUT2D eigenvalue weighted by Gasteiger charge is -2.21. The summed E-state index contributed by atoms with van der Waals surface area (Å²) in [5.41, 5.74) is 13.5. The number of allylic oxidation sites excluding steroid dienone is 9. The molecule has 1 atom stereocenters. The highest BCUT2D eigenvalue weighted by Crippen LogP contribution is 2.45. The van der Waals surface area contributed by atoms with Crippen molar-refractivity contribution in [3.05, 3.63) is 144 Å². The van der Waals surface area contributed by atoms with Crippen molar-refractivity contribution in [1.82, 2.24) is 9.13 Å². The Bertz CT molecular complexity index is 2560. The summed E-state index contributed by atoms with van der Waals surface area (Å²) in [5, 5.41) is 23.6. The van der Waals surface area contributed by atoms with Crippen molar-refractivity contribution in [2.45, 2.75) is 32.1 Å². The highest BCUT2D eigenvalue weighted by atomic mass is 15.0. The first kappa shape index (κ1) is 28.1. The molecule has 48 heavy (non-hydrogen) atoms. The molecule has 0 saturated heterocycles. The minimum atomic E-state index is -0.162. The lowest BCUT2D eigenvalue weighted by atomic mass is 9.91. The van der Waals surface area contributed by atoms with Crippen LogP contribution in [-0.2, 0) is 6.42 Å². The van der Waals surface area contributed by atoms with Crippen molar-refractivity contribution < 1.29 is 0 Å². The SMILES string of the molecule is N#CC1=C(c2ccccc2-n2c3c(c4cccc(-c5cccc6c7ccccc7n(C7=CC=CC(C#N)C7)c56)c42)C=CCC3)C=CCC1. The van der Waals surface area contributed by atoms with E-state index in [0.29, 0.717) is 6.42 Å². The van der Waals surface area contributed by atoms with Crippen LogP contribution in [0.5, 0.6) is 0 Å². The Morgan fingerprint density at radius 1 is 0.667 bits per heavy atom. The second-order valence-corrected chi connectivity index (χ2v) is 12.8. The summed E-state index contributed by atoms with van der Waals surface area (Å²) < 4.78 is 4.88. The minimum absolute atomic E-state index is 0.162. The van der Waals surface area contributed by atoms with Crippen LogP contribution in [0.3, 0.4) is 0 Å². The van der Waals surface area contributed by atoms with E-state index in [2.05, 4.69) is 137 Å². The first-order chi connectivity index (χ1) is 23.8. The summed E-state index contributed by atoms with van der Waals surface area (Å²) in [6, 6.07) is 35.6. The third kappa shape index (κ3) is 4.20. The number of aromatic nitrogens is 2. The van der Waals surface area contributed by atoms with Gasteiger partial charge in [-0.3, -0.25) is 0 Å². The number of para-hydroxylation sites is 4. The van der Waals surface area contributed by atoms with Gasteiger partial charge in [-0.1, -0.05) is 109 Å². The highest BCUT2D eigenvalue weighted by molar-refractivity contribution is 6.17. The van der Waals surface area contributed by atoms with E-state index in [0.717, 1.165) is 75.9 Å². The van der Waals surface area contributed by atoms with Crippen LogP contribution < -0.4 is 0 Å². The molecule has 9 rings (SSSR count). The van der Waals surface area contributed by atoms with Crippen LogP contribution in [-0.4, -0.2) is 9.13 Å². The van der Waals surface area contributed by atoms with Gasteiger partial charge in [-0.25, -0.2) is 0 Å². The predicted molar refractivity (Wildman–Crippen MR) is 197 cm³/mol. The van der Waals surface area contributed by atoms with Crippen molar-refractivity contribution in [3.8, 4) is 29.0 Å². The molecule has 1 unspecified atom stereocenters. The zero-order chi connectivity index (χ0) is 32.2. The van der Waals surface area contributed by atoms with Crippen LogP contribution in [0.1, 0.15) is 42.5 Å². The lowest BCUT2D eigenvalue weighted by Crippen LogP contribution is -2.07. The Kier molecular flexibility index (Phi) is 6.63. The van der Waals surface area contributed by atoms with E-state index in [9.17, 15) is 10.5 Å². The van der Waals surface area contributed by atoms with Crippen molar-refractivity contribution in [1.29, 1.82) is 10.5 Å². The van der Waals surface area contributed by atoms with Gasteiger partial charge in [-0.05, 0) is 49.5 Å². The molecule has 4 aromatic carbocycles. The maximum Gasteiger partial charge on any atom is 0.0953 e. The first-order valence-electron chi connectivity index (χ1n) is 16.8. The van der Waals surface area contributed by atoms with Gasteiger partial charge in [0.05, 0.1) is 40.3 Å². The third-order valence-electron chi connectivity index (χ3n) is 10.2. The molecule has 2 heterocycles. The Balaban J connectivity index is 1.40. The fraction of sp³-hybridized carbons (Fsp3) is 0.136. The Morgan fingerprint density at radius 2 is 1.38 bits per heavy atom. The minimum Gasteiger partial charge on any atom is -0.312 e. The molecule has 3 aliphatic carbocycles. The van der Waals surface area contributed by atoms with Crippen LogP contribution in [0.25, 0.3) is 66.9 Å². The molecule has 4 nitrogen and oxygen atoms in total. The van der Waals surface area contributed by atoms with E-state index in [4.69, 9.17) is 0 Å². The van der Waals surface area contributed by atoms with Gasteiger partial charge in [0.2, 0.25) is 0 Å². The summed E-state index contributed by atoms with van der Waals surface area (Å²) in [5.74, 6) is -0.162. The third-order valence-corrected chi connectivity index (χ3v) is 10.2. The Morgan fingerprint density at radius 3 is 2.23 bits per heavy atom. The number of benzene rings is 4. The molecule has 0 saturated carbocycles. The van der Waals surface area contributed by atoms with Crippen LogP contribution in [0.2, 0.25) is 0 Å². The van der Waals surface area contributed by atoms with Crippen LogP contribution >= 0.6 is 0 Å². The van der Waals surface area contributed by atoms with Gasteiger partial charge in [-0.15, -0.1) is 0 Å². The normalized spacial score (nSPS) is 17.1. The summed E-state index contributed by atoms with van der Waals surface area (Å²) in [4.78, 5) is 0. The van der Waals surface area contributed by atoms with Crippen molar-refractivity contribution in [2.75, 3.05) is 0 Å². The Labute approximate surface area is 279 Å². The quantitative estimate of drug-likeness (QED) is 0.198. The molecule has 0 amide bonds. The van der Waals surface area contributed by atoms with Gasteiger partial charge < -0.3 is 9.13 Å². The molecule has 2 aromatic heterocycles. The molecular weight excluding hydrogens is 585 g/mol. The smallest absolute Gasteiger partial charge is 0.0953 e. The highest BCUT2D eigenvalue weighted by Gasteiger charge is 2.26. The number of hydrogen-bond donors (Lipinski definition) is 0. The van der Waals surface area contributed by atoms with Gasteiger partial charge in [0.15, 0.2) is 0 Å². The molecule has 0 aliphatic heterocycles. The maximum absolute atomic E-state index is 10.1. The lowest BCUT2D eigenvalue weighted by molar-refractivity contribution is 0.822. The molecule has 0 spiro atoms. The fourth-order valence-electron chi connectivity index (χ4n) is 8.13. The van der Waals surface area contributed by atoms with Crippen molar-refractivity contribution in [2.24, 2.45) is 5.92 Å². The van der Waals surface area contributed by atoms with E-state index >= 15 is 0 Å². The number of nitriles is 2. The van der Waals surface area contributed by atoms with Crippen LogP contribution in [0.15, 0.2) is 127 Å². The summed E-state index contributed by atoms with van der Waals surface area (Å²) in [6.07, 6.45) is 19.3. The van der Waals surface area contributed by atoms with Crippen LogP contribution in [0, 0.1) is 28.6 Å². The molecule has 0 bridgehead atoms. The van der Waals surface area contributed by atoms with Gasteiger partial charge in [0.25, 0.3) is 0 Å². The summed E-state index contributed by atoms with van der Waals surface area (Å²) >= 11 is 0. The molecule has 4 heteroatoms. The summed E-state index contributed by atoms with van der Waals surface area (Å²) in [6.45, 7) is 0. The van der Waals surface area contributed by atoms with Crippen molar-refractivity contribution >= 4 is 50.1 Å². The van der Waals surface area contributed by atoms with Gasteiger partial charge >= 0.3 is 0 Å². The predicted octanol–water partition coefficient (Wildman–Crippen LogP) is 10.9. The summed E-state index contributed by atoms with van der Waals surface area (Å²) in [7, 11) is 0. The monoisotopic (exact) mass is 616 g/mol. The van der Waals surface area contributed by atoms with E-state index in [1.54, 1.807) is 0 Å². The molecular formula is C44H32N4. The second kappa shape index (κ2) is 11.3. The van der Waals surface area contributed by atoms with Gasteiger partial charge in [0.1, 0.15) is 0 Å². The average Bonchev–Trinajstić information content (AvgIpc) is 3.68. The molecule has 0 N–H and O–H groups in total. The molecule has 228 valence electrons. The second-order valence-electron chi connectivity index (χ2n) is 12.8. The number of nitrogens with zero attached hydrogens (tertiary/aromatic N) is 4. The van der Waals surface area contributed by atoms with E-state index in [1.807, 2.05) is 12.2 Å². The average molecular weight is 617 g/mol. The largest absolute Gasteiger partial charge is 0.312 e. The molecule has 0 fully saturated rings. The number of fused-ring (bicyclic) bond motifs is 6. The van der Waals surface area contributed by atoms with E-state index in [1.165, 1.54) is 32.9 Å². The topological polar surface area (TPSA) is 57.4 Å². The maximum atomic E-state index is 10.1. The fourth-order valence-corrected chi connectivity index (χ4v) is 8.13. The Hall–Kier alpha value is -6.10. The standard InChI is InChI=1S/C44H32N4/c45-27-29-12-9-14-31(26-29)47-40-23-6-4-17-34(40)36-19-10-21-38(43(36)47)39-22-11-20-37-35-18-5-8-25-42(35)48(44(37)39)41-24-7-3-16-33(41)32-15-2-1-13-30(32)28-46/h2-7,9-12,14-24,29H,1,8,13,25-26H2.